The summed E-state index contributed by atoms with van der Waals surface area (Å²) in [4.78, 5) is 12.8. The summed E-state index contributed by atoms with van der Waals surface area (Å²) in [5, 5.41) is 2.96. The number of amides is 1. The molecule has 156 valence electrons. The Balaban J connectivity index is 1.45. The number of carbonyl (C=O) groups excluding carboxylic acids is 1. The number of aryl methyl sites for hydroxylation is 1. The Kier molecular flexibility index (Phi) is 7.48. The normalized spacial score (nSPS) is 21.7. The number of ether oxygens (including phenoxy) is 1. The zero-order valence-corrected chi connectivity index (χ0v) is 17.5. The predicted octanol–water partition coefficient (Wildman–Crippen LogP) is 2.86. The van der Waals surface area contributed by atoms with Crippen molar-refractivity contribution in [1.82, 2.24) is 9.62 Å². The van der Waals surface area contributed by atoms with Crippen molar-refractivity contribution in [2.75, 3.05) is 26.2 Å². The largest absolute Gasteiger partial charge is 0.378 e. The van der Waals surface area contributed by atoms with Gasteiger partial charge in [-0.15, -0.1) is 0 Å². The Morgan fingerprint density at radius 2 is 1.86 bits per heavy atom. The fraction of sp³-hybridized carbons (Fsp3) is 0.667. The minimum atomic E-state index is -3.55. The third kappa shape index (κ3) is 5.55. The van der Waals surface area contributed by atoms with Crippen molar-refractivity contribution >= 4 is 15.9 Å². The molecular weight excluding hydrogens is 376 g/mol. The number of piperidine rings is 1. The van der Waals surface area contributed by atoms with E-state index in [0.29, 0.717) is 37.1 Å². The first-order valence-electron chi connectivity index (χ1n) is 10.4. The van der Waals surface area contributed by atoms with Crippen molar-refractivity contribution in [3.05, 3.63) is 29.8 Å². The second-order valence-corrected chi connectivity index (χ2v) is 9.88. The first kappa shape index (κ1) is 21.3. The lowest BCUT2D eigenvalue weighted by molar-refractivity contribution is -0.126. The molecule has 1 saturated heterocycles. The fourth-order valence-corrected chi connectivity index (χ4v) is 5.49. The van der Waals surface area contributed by atoms with Crippen molar-refractivity contribution in [3.8, 4) is 0 Å². The summed E-state index contributed by atoms with van der Waals surface area (Å²) >= 11 is 0. The van der Waals surface area contributed by atoms with Gasteiger partial charge in [0.15, 0.2) is 0 Å². The van der Waals surface area contributed by atoms with Crippen molar-refractivity contribution < 1.29 is 17.9 Å². The third-order valence-electron chi connectivity index (χ3n) is 5.69. The van der Waals surface area contributed by atoms with Gasteiger partial charge in [-0.3, -0.25) is 4.79 Å². The van der Waals surface area contributed by atoms with Crippen LogP contribution < -0.4 is 5.32 Å². The highest BCUT2D eigenvalue weighted by molar-refractivity contribution is 7.89. The Morgan fingerprint density at radius 3 is 2.57 bits per heavy atom. The summed E-state index contributed by atoms with van der Waals surface area (Å²) in [5.74, 6) is -0.339. The van der Waals surface area contributed by atoms with Crippen LogP contribution in [-0.2, 0) is 19.6 Å². The van der Waals surface area contributed by atoms with Gasteiger partial charge in [-0.25, -0.2) is 8.42 Å². The van der Waals surface area contributed by atoms with Gasteiger partial charge in [0.25, 0.3) is 0 Å². The molecule has 0 unspecified atom stereocenters. The average Bonchev–Trinajstić information content (AvgIpc) is 3.21. The van der Waals surface area contributed by atoms with Crippen LogP contribution >= 0.6 is 0 Å². The van der Waals surface area contributed by atoms with Gasteiger partial charge in [0, 0.05) is 26.2 Å². The van der Waals surface area contributed by atoms with E-state index in [1.165, 1.54) is 17.1 Å². The van der Waals surface area contributed by atoms with E-state index in [1.54, 1.807) is 24.3 Å². The van der Waals surface area contributed by atoms with E-state index < -0.39 is 10.0 Å². The van der Waals surface area contributed by atoms with Crippen LogP contribution in [0.2, 0.25) is 0 Å². The van der Waals surface area contributed by atoms with Gasteiger partial charge in [-0.1, -0.05) is 30.5 Å². The van der Waals surface area contributed by atoms with E-state index in [-0.39, 0.29) is 18.4 Å². The summed E-state index contributed by atoms with van der Waals surface area (Å²) in [6.07, 6.45) is 7.43. The molecule has 0 aromatic heterocycles. The van der Waals surface area contributed by atoms with Crippen molar-refractivity contribution in [1.29, 1.82) is 0 Å². The number of nitrogens with one attached hydrogen (secondary N) is 1. The van der Waals surface area contributed by atoms with Gasteiger partial charge < -0.3 is 10.1 Å². The first-order chi connectivity index (χ1) is 13.5. The van der Waals surface area contributed by atoms with Gasteiger partial charge in [0.1, 0.15) is 0 Å². The number of hydrogen-bond donors (Lipinski definition) is 1. The molecule has 0 radical (unpaired) electrons. The molecular formula is C21H32N2O4S. The standard InChI is InChI=1S/C21H32N2O4S/c1-17-9-11-20(12-10-17)28(25,26)23-14-4-6-18(16-23)21(24)22-13-5-15-27-19-7-2-3-8-19/h9-12,18-19H,2-8,13-16H2,1H3,(H,22,24)/t18-/m1/s1. The number of hydrogen-bond acceptors (Lipinski definition) is 4. The van der Waals surface area contributed by atoms with Crippen LogP contribution in [0.4, 0.5) is 0 Å². The number of carbonyl (C=O) groups is 1. The highest BCUT2D eigenvalue weighted by Gasteiger charge is 2.33. The summed E-state index contributed by atoms with van der Waals surface area (Å²) in [6.45, 7) is 3.89. The molecule has 0 spiro atoms. The maximum atomic E-state index is 12.9. The van der Waals surface area contributed by atoms with Gasteiger partial charge >= 0.3 is 0 Å². The number of rotatable bonds is 8. The lowest BCUT2D eigenvalue weighted by atomic mass is 9.99. The Labute approximate surface area is 168 Å². The summed E-state index contributed by atoms with van der Waals surface area (Å²) < 4.78 is 33.0. The van der Waals surface area contributed by atoms with Gasteiger partial charge in [0.2, 0.25) is 15.9 Å². The maximum Gasteiger partial charge on any atom is 0.243 e. The van der Waals surface area contributed by atoms with E-state index in [0.717, 1.165) is 31.2 Å². The van der Waals surface area contributed by atoms with E-state index >= 15 is 0 Å². The second kappa shape index (κ2) is 9.85. The summed E-state index contributed by atoms with van der Waals surface area (Å²) in [7, 11) is -3.55. The summed E-state index contributed by atoms with van der Waals surface area (Å²) in [5.41, 5.74) is 1.02. The molecule has 0 bridgehead atoms. The molecule has 2 fully saturated rings. The van der Waals surface area contributed by atoms with Crippen LogP contribution in [0.15, 0.2) is 29.2 Å². The SMILES string of the molecule is Cc1ccc(S(=O)(=O)N2CCC[C@@H](C(=O)NCCCOC3CCCC3)C2)cc1. The van der Waals surface area contributed by atoms with Gasteiger partial charge in [0.05, 0.1) is 16.9 Å². The van der Waals surface area contributed by atoms with Gasteiger partial charge in [-0.05, 0) is 51.2 Å². The Hall–Kier alpha value is -1.44. The zero-order valence-electron chi connectivity index (χ0n) is 16.7. The minimum absolute atomic E-state index is 0.0512. The van der Waals surface area contributed by atoms with Crippen LogP contribution in [-0.4, -0.2) is 51.0 Å². The highest BCUT2D eigenvalue weighted by atomic mass is 32.2. The third-order valence-corrected chi connectivity index (χ3v) is 7.57. The lowest BCUT2D eigenvalue weighted by Gasteiger charge is -2.31. The lowest BCUT2D eigenvalue weighted by Crippen LogP contribution is -2.45. The molecule has 1 aliphatic heterocycles. The van der Waals surface area contributed by atoms with Crippen LogP contribution in [0.5, 0.6) is 0 Å². The van der Waals surface area contributed by atoms with Crippen molar-refractivity contribution in [3.63, 3.8) is 0 Å². The Morgan fingerprint density at radius 1 is 1.14 bits per heavy atom. The smallest absolute Gasteiger partial charge is 0.243 e. The van der Waals surface area contributed by atoms with E-state index in [9.17, 15) is 13.2 Å². The van der Waals surface area contributed by atoms with E-state index in [4.69, 9.17) is 4.74 Å². The average molecular weight is 409 g/mol. The number of sulfonamides is 1. The minimum Gasteiger partial charge on any atom is -0.378 e. The van der Waals surface area contributed by atoms with Crippen LogP contribution in [0, 0.1) is 12.8 Å². The second-order valence-electron chi connectivity index (χ2n) is 7.94. The molecule has 1 amide bonds. The topological polar surface area (TPSA) is 75.7 Å². The molecule has 28 heavy (non-hydrogen) atoms. The quantitative estimate of drug-likeness (QED) is 0.671. The molecule has 1 N–H and O–H groups in total. The molecule has 1 saturated carbocycles. The molecule has 1 aromatic carbocycles. The highest BCUT2D eigenvalue weighted by Crippen LogP contribution is 2.24. The molecule has 1 aliphatic carbocycles. The first-order valence-corrected chi connectivity index (χ1v) is 11.9. The zero-order chi connectivity index (χ0) is 20.0. The maximum absolute atomic E-state index is 12.9. The van der Waals surface area contributed by atoms with Crippen molar-refractivity contribution in [2.24, 2.45) is 5.92 Å². The van der Waals surface area contributed by atoms with E-state index in [1.807, 2.05) is 6.92 Å². The monoisotopic (exact) mass is 408 g/mol. The molecule has 7 heteroatoms. The predicted molar refractivity (Wildman–Crippen MR) is 108 cm³/mol. The molecule has 1 atom stereocenters. The van der Waals surface area contributed by atoms with Crippen molar-refractivity contribution in [2.45, 2.75) is 62.9 Å². The molecule has 1 heterocycles. The summed E-state index contributed by atoms with van der Waals surface area (Å²) in [6, 6.07) is 6.88. The number of benzene rings is 1. The van der Waals surface area contributed by atoms with Crippen LogP contribution in [0.3, 0.4) is 0 Å². The fourth-order valence-electron chi connectivity index (χ4n) is 3.97. The van der Waals surface area contributed by atoms with Gasteiger partial charge in [-0.2, -0.15) is 4.31 Å². The molecule has 6 nitrogen and oxygen atoms in total. The van der Waals surface area contributed by atoms with Crippen LogP contribution in [0.25, 0.3) is 0 Å². The number of nitrogens with zero attached hydrogens (tertiary/aromatic N) is 1. The molecule has 3 rings (SSSR count). The van der Waals surface area contributed by atoms with E-state index in [2.05, 4.69) is 5.32 Å². The van der Waals surface area contributed by atoms with Crippen LogP contribution in [0.1, 0.15) is 50.5 Å². The Bertz CT molecular complexity index is 742. The molecule has 1 aromatic rings. The molecule has 2 aliphatic rings.